The van der Waals surface area contributed by atoms with Gasteiger partial charge >= 0.3 is 0 Å². The Labute approximate surface area is 153 Å². The first-order valence-corrected chi connectivity index (χ1v) is 8.98. The van der Waals surface area contributed by atoms with Crippen LogP contribution >= 0.6 is 0 Å². The van der Waals surface area contributed by atoms with Gasteiger partial charge in [0.1, 0.15) is 0 Å². The number of aliphatic hydroxyl groups is 1. The van der Waals surface area contributed by atoms with Crippen LogP contribution in [0, 0.1) is 0 Å². The first kappa shape index (κ1) is 18.1. The summed E-state index contributed by atoms with van der Waals surface area (Å²) in [5.74, 6) is 0.0604. The second-order valence-corrected chi connectivity index (χ2v) is 6.56. The summed E-state index contributed by atoms with van der Waals surface area (Å²) in [5.41, 5.74) is 2.56. The summed E-state index contributed by atoms with van der Waals surface area (Å²) >= 11 is 0. The van der Waals surface area contributed by atoms with E-state index in [9.17, 15) is 14.7 Å². The average molecular weight is 352 g/mol. The number of carbonyl (C=O) groups excluding carboxylic acids is 2. The lowest BCUT2D eigenvalue weighted by Gasteiger charge is -2.22. The first-order valence-electron chi connectivity index (χ1n) is 8.98. The minimum absolute atomic E-state index is 0.0828. The molecule has 1 aliphatic heterocycles. The van der Waals surface area contributed by atoms with E-state index in [1.807, 2.05) is 53.4 Å². The lowest BCUT2D eigenvalue weighted by molar-refractivity contribution is -0.128. The highest BCUT2D eigenvalue weighted by molar-refractivity contribution is 5.94. The van der Waals surface area contributed by atoms with E-state index in [1.165, 1.54) is 0 Å². The summed E-state index contributed by atoms with van der Waals surface area (Å²) < 4.78 is 0. The van der Waals surface area contributed by atoms with E-state index in [-0.39, 0.29) is 25.0 Å². The van der Waals surface area contributed by atoms with Crippen molar-refractivity contribution in [3.05, 3.63) is 71.3 Å². The van der Waals surface area contributed by atoms with Crippen LogP contribution in [-0.2, 0) is 17.9 Å². The monoisotopic (exact) mass is 352 g/mol. The fourth-order valence-electron chi connectivity index (χ4n) is 3.25. The zero-order valence-corrected chi connectivity index (χ0v) is 14.8. The van der Waals surface area contributed by atoms with Crippen molar-refractivity contribution in [1.82, 2.24) is 9.80 Å². The van der Waals surface area contributed by atoms with Crippen molar-refractivity contribution in [2.45, 2.75) is 25.9 Å². The number of hydrogen-bond acceptors (Lipinski definition) is 3. The van der Waals surface area contributed by atoms with Crippen molar-refractivity contribution in [3.63, 3.8) is 0 Å². The number of nitrogens with zero attached hydrogens (tertiary/aromatic N) is 2. The van der Waals surface area contributed by atoms with Crippen LogP contribution in [0.1, 0.15) is 34.3 Å². The second-order valence-electron chi connectivity index (χ2n) is 6.56. The molecule has 2 amide bonds. The molecule has 0 aromatic heterocycles. The molecule has 0 atom stereocenters. The topological polar surface area (TPSA) is 60.9 Å². The highest BCUT2D eigenvalue weighted by Gasteiger charge is 2.21. The molecular formula is C21H24N2O3. The van der Waals surface area contributed by atoms with E-state index < -0.39 is 0 Å². The van der Waals surface area contributed by atoms with Gasteiger partial charge in [0.15, 0.2) is 0 Å². The summed E-state index contributed by atoms with van der Waals surface area (Å²) in [7, 11) is 0. The normalized spacial score (nSPS) is 13.9. The Balaban J connectivity index is 1.74. The number of likely N-dealkylation sites (tertiary alicyclic amines) is 1. The first-order chi connectivity index (χ1) is 12.7. The van der Waals surface area contributed by atoms with Gasteiger partial charge in [-0.3, -0.25) is 9.59 Å². The van der Waals surface area contributed by atoms with E-state index in [0.29, 0.717) is 25.1 Å². The van der Waals surface area contributed by atoms with Gasteiger partial charge in [-0.1, -0.05) is 42.5 Å². The Morgan fingerprint density at radius 2 is 1.85 bits per heavy atom. The Bertz CT molecular complexity index is 761. The minimum atomic E-state index is -0.113. The summed E-state index contributed by atoms with van der Waals surface area (Å²) in [6.45, 7) is 1.97. The van der Waals surface area contributed by atoms with Crippen molar-refractivity contribution in [3.8, 4) is 0 Å². The number of hydrogen-bond donors (Lipinski definition) is 1. The van der Waals surface area contributed by atoms with Crippen LogP contribution < -0.4 is 0 Å². The van der Waals surface area contributed by atoms with Crippen molar-refractivity contribution in [1.29, 1.82) is 0 Å². The van der Waals surface area contributed by atoms with Crippen molar-refractivity contribution < 1.29 is 14.7 Å². The number of rotatable bonds is 7. The maximum atomic E-state index is 12.9. The molecule has 5 heteroatoms. The smallest absolute Gasteiger partial charge is 0.254 e. The van der Waals surface area contributed by atoms with Gasteiger partial charge in [0.2, 0.25) is 5.91 Å². The van der Waals surface area contributed by atoms with Gasteiger partial charge < -0.3 is 14.9 Å². The maximum Gasteiger partial charge on any atom is 0.254 e. The Kier molecular flexibility index (Phi) is 6.02. The van der Waals surface area contributed by atoms with Gasteiger partial charge in [-0.15, -0.1) is 0 Å². The van der Waals surface area contributed by atoms with Crippen LogP contribution in [0.15, 0.2) is 54.6 Å². The molecule has 1 fully saturated rings. The zero-order valence-electron chi connectivity index (χ0n) is 14.8. The van der Waals surface area contributed by atoms with Crippen molar-refractivity contribution >= 4 is 11.8 Å². The van der Waals surface area contributed by atoms with Gasteiger partial charge in [0.05, 0.1) is 6.61 Å². The van der Waals surface area contributed by atoms with Crippen LogP contribution in [-0.4, -0.2) is 46.4 Å². The summed E-state index contributed by atoms with van der Waals surface area (Å²) in [5, 5.41) is 9.35. The third kappa shape index (κ3) is 4.49. The van der Waals surface area contributed by atoms with Gasteiger partial charge in [-0.25, -0.2) is 0 Å². The molecule has 0 bridgehead atoms. The number of amides is 2. The molecule has 2 aromatic rings. The zero-order chi connectivity index (χ0) is 18.4. The Morgan fingerprint density at radius 1 is 1.08 bits per heavy atom. The third-order valence-electron chi connectivity index (χ3n) is 4.59. The molecule has 0 unspecified atom stereocenters. The molecule has 0 radical (unpaired) electrons. The van der Waals surface area contributed by atoms with Crippen molar-refractivity contribution in [2.24, 2.45) is 0 Å². The van der Waals surface area contributed by atoms with Crippen LogP contribution in [0.3, 0.4) is 0 Å². The van der Waals surface area contributed by atoms with Gasteiger partial charge in [-0.2, -0.15) is 0 Å². The molecule has 1 heterocycles. The lowest BCUT2D eigenvalue weighted by Crippen LogP contribution is -2.33. The molecule has 0 spiro atoms. The van der Waals surface area contributed by atoms with Crippen LogP contribution in [0.5, 0.6) is 0 Å². The number of benzene rings is 2. The van der Waals surface area contributed by atoms with E-state index in [1.54, 1.807) is 11.0 Å². The summed E-state index contributed by atoms with van der Waals surface area (Å²) in [6.07, 6.45) is 1.51. The maximum absolute atomic E-state index is 12.9. The Morgan fingerprint density at radius 3 is 2.54 bits per heavy atom. The standard InChI is InChI=1S/C21H24N2O3/c24-13-12-23(15-17-6-2-1-3-7-17)21(26)19-9-4-8-18(14-19)16-22-11-5-10-20(22)25/h1-4,6-9,14,24H,5,10-13,15-16H2. The highest BCUT2D eigenvalue weighted by atomic mass is 16.3. The van der Waals surface area contributed by atoms with Crippen LogP contribution in [0.2, 0.25) is 0 Å². The van der Waals surface area contributed by atoms with E-state index in [2.05, 4.69) is 0 Å². The molecular weight excluding hydrogens is 328 g/mol. The largest absolute Gasteiger partial charge is 0.395 e. The SMILES string of the molecule is O=C1CCCN1Cc1cccc(C(=O)N(CCO)Cc2ccccc2)c1. The number of aliphatic hydroxyl groups excluding tert-OH is 1. The minimum Gasteiger partial charge on any atom is -0.395 e. The van der Waals surface area contributed by atoms with Gasteiger partial charge in [0, 0.05) is 38.2 Å². The van der Waals surface area contributed by atoms with E-state index >= 15 is 0 Å². The van der Waals surface area contributed by atoms with Gasteiger partial charge in [-0.05, 0) is 29.7 Å². The molecule has 0 saturated carbocycles. The predicted octanol–water partition coefficient (Wildman–Crippen LogP) is 2.44. The van der Waals surface area contributed by atoms with Crippen LogP contribution in [0.25, 0.3) is 0 Å². The van der Waals surface area contributed by atoms with E-state index in [4.69, 9.17) is 0 Å². The molecule has 5 nitrogen and oxygen atoms in total. The predicted molar refractivity (Wildman–Crippen MR) is 99.4 cm³/mol. The molecule has 0 aliphatic carbocycles. The Hall–Kier alpha value is -2.66. The molecule has 2 aromatic carbocycles. The molecule has 1 N–H and O–H groups in total. The van der Waals surface area contributed by atoms with E-state index in [0.717, 1.165) is 24.1 Å². The van der Waals surface area contributed by atoms with Crippen LogP contribution in [0.4, 0.5) is 0 Å². The average Bonchev–Trinajstić information content (AvgIpc) is 3.06. The molecule has 1 saturated heterocycles. The second kappa shape index (κ2) is 8.63. The molecule has 136 valence electrons. The molecule has 3 rings (SSSR count). The van der Waals surface area contributed by atoms with Crippen molar-refractivity contribution in [2.75, 3.05) is 19.7 Å². The summed E-state index contributed by atoms with van der Waals surface area (Å²) in [6, 6.07) is 17.2. The summed E-state index contributed by atoms with van der Waals surface area (Å²) in [4.78, 5) is 28.2. The quantitative estimate of drug-likeness (QED) is 0.833. The highest BCUT2D eigenvalue weighted by Crippen LogP contribution is 2.17. The molecule has 1 aliphatic rings. The fraction of sp³-hybridized carbons (Fsp3) is 0.333. The fourth-order valence-corrected chi connectivity index (χ4v) is 3.25. The number of carbonyl (C=O) groups is 2. The lowest BCUT2D eigenvalue weighted by atomic mass is 10.1. The third-order valence-corrected chi connectivity index (χ3v) is 4.59. The van der Waals surface area contributed by atoms with Gasteiger partial charge in [0.25, 0.3) is 5.91 Å². The molecule has 26 heavy (non-hydrogen) atoms.